The predicted molar refractivity (Wildman–Crippen MR) is 140 cm³/mol. The molecular formula is C21H18BrI2N3O4. The fourth-order valence-corrected chi connectivity index (χ4v) is 5.20. The van der Waals surface area contributed by atoms with Crippen LogP contribution in [0.2, 0.25) is 0 Å². The summed E-state index contributed by atoms with van der Waals surface area (Å²) in [7, 11) is 0. The third-order valence-corrected chi connectivity index (χ3v) is 6.43. The minimum absolute atomic E-state index is 0.00792. The van der Waals surface area contributed by atoms with Gasteiger partial charge in [0, 0.05) is 10.4 Å². The Morgan fingerprint density at radius 3 is 2.45 bits per heavy atom. The summed E-state index contributed by atoms with van der Waals surface area (Å²) in [5.74, 6) is 0.0286. The van der Waals surface area contributed by atoms with E-state index in [-0.39, 0.29) is 11.5 Å². The first-order chi connectivity index (χ1) is 14.6. The van der Waals surface area contributed by atoms with E-state index in [1.165, 1.54) is 11.6 Å². The second-order valence-electron chi connectivity index (χ2n) is 7.06. The Morgan fingerprint density at radius 1 is 1.23 bits per heavy atom. The van der Waals surface area contributed by atoms with Gasteiger partial charge in [-0.1, -0.05) is 29.8 Å². The molecule has 3 aromatic rings. The molecule has 2 aromatic carbocycles. The minimum Gasteiger partial charge on any atom is -0.479 e. The van der Waals surface area contributed by atoms with Crippen molar-refractivity contribution in [2.45, 2.75) is 32.8 Å². The van der Waals surface area contributed by atoms with E-state index >= 15 is 0 Å². The summed E-state index contributed by atoms with van der Waals surface area (Å²) in [6.45, 7) is 5.40. The van der Waals surface area contributed by atoms with E-state index in [9.17, 15) is 9.59 Å². The molecule has 0 fully saturated rings. The summed E-state index contributed by atoms with van der Waals surface area (Å²) in [6, 6.07) is 9.04. The lowest BCUT2D eigenvalue weighted by Crippen LogP contribution is -2.24. The highest BCUT2D eigenvalue weighted by Gasteiger charge is 2.17. The molecule has 0 radical (unpaired) electrons. The smallest absolute Gasteiger partial charge is 0.344 e. The summed E-state index contributed by atoms with van der Waals surface area (Å²) < 4.78 is 9.17. The van der Waals surface area contributed by atoms with E-state index in [0.717, 1.165) is 17.2 Å². The highest BCUT2D eigenvalue weighted by molar-refractivity contribution is 14.1. The van der Waals surface area contributed by atoms with Crippen LogP contribution in [-0.2, 0) is 4.79 Å². The number of nitrogens with zero attached hydrogens (tertiary/aromatic N) is 3. The Hall–Kier alpha value is -1.54. The number of aromatic nitrogens is 2. The van der Waals surface area contributed by atoms with Crippen molar-refractivity contribution in [3.63, 3.8) is 0 Å². The average Bonchev–Trinajstić information content (AvgIpc) is 2.69. The molecule has 31 heavy (non-hydrogen) atoms. The van der Waals surface area contributed by atoms with Crippen LogP contribution in [0.15, 0.2) is 44.7 Å². The van der Waals surface area contributed by atoms with Gasteiger partial charge in [-0.25, -0.2) is 9.78 Å². The summed E-state index contributed by atoms with van der Waals surface area (Å²) in [5.41, 5.74) is 1.13. The van der Waals surface area contributed by atoms with Crippen LogP contribution in [0.5, 0.6) is 5.75 Å². The first kappa shape index (κ1) is 24.1. The van der Waals surface area contributed by atoms with E-state index in [0.29, 0.717) is 22.5 Å². The largest absolute Gasteiger partial charge is 0.479 e. The van der Waals surface area contributed by atoms with Gasteiger partial charge in [-0.15, -0.1) is 0 Å². The summed E-state index contributed by atoms with van der Waals surface area (Å²) in [4.78, 5) is 28.8. The first-order valence-electron chi connectivity index (χ1n) is 9.23. The number of carboxylic acid groups (broad SMARTS) is 1. The number of ether oxygens (including phenoxy) is 1. The predicted octanol–water partition coefficient (Wildman–Crippen LogP) is 5.23. The highest BCUT2D eigenvalue weighted by atomic mass is 127. The molecule has 0 aliphatic heterocycles. The third kappa shape index (κ3) is 5.45. The van der Waals surface area contributed by atoms with Gasteiger partial charge in [-0.3, -0.25) is 4.79 Å². The zero-order valence-corrected chi connectivity index (χ0v) is 22.7. The lowest BCUT2D eigenvalue weighted by Gasteiger charge is -2.14. The fourth-order valence-electron chi connectivity index (χ4n) is 2.77. The van der Waals surface area contributed by atoms with Gasteiger partial charge in [0.15, 0.2) is 6.10 Å². The molecule has 0 spiro atoms. The van der Waals surface area contributed by atoms with Gasteiger partial charge in [0.05, 0.1) is 24.3 Å². The van der Waals surface area contributed by atoms with Crippen molar-refractivity contribution in [1.82, 2.24) is 9.66 Å². The second-order valence-corrected chi connectivity index (χ2v) is 10.3. The van der Waals surface area contributed by atoms with E-state index in [4.69, 9.17) is 9.84 Å². The molecule has 0 aliphatic rings. The second kappa shape index (κ2) is 9.94. The van der Waals surface area contributed by atoms with Crippen molar-refractivity contribution in [2.24, 2.45) is 5.10 Å². The number of aliphatic carboxylic acids is 1. The summed E-state index contributed by atoms with van der Waals surface area (Å²) in [6.07, 6.45) is 0.629. The molecule has 0 amide bonds. The number of benzene rings is 2. The number of fused-ring (bicyclic) bond motifs is 1. The van der Waals surface area contributed by atoms with E-state index in [1.54, 1.807) is 12.3 Å². The molecule has 0 saturated carbocycles. The summed E-state index contributed by atoms with van der Waals surface area (Å²) >= 11 is 7.58. The molecule has 0 unspecified atom stereocenters. The molecule has 10 heteroatoms. The third-order valence-electron chi connectivity index (χ3n) is 4.34. The molecule has 0 bridgehead atoms. The topological polar surface area (TPSA) is 93.8 Å². The molecule has 1 atom stereocenters. The van der Waals surface area contributed by atoms with Crippen molar-refractivity contribution in [3.8, 4) is 5.75 Å². The zero-order valence-electron chi connectivity index (χ0n) is 16.8. The number of carbonyl (C=O) groups is 1. The molecular weight excluding hydrogens is 692 g/mol. The van der Waals surface area contributed by atoms with Crippen LogP contribution in [0.4, 0.5) is 0 Å². The Morgan fingerprint density at radius 2 is 1.87 bits per heavy atom. The van der Waals surface area contributed by atoms with Crippen molar-refractivity contribution >= 4 is 84.2 Å². The minimum atomic E-state index is -1.03. The van der Waals surface area contributed by atoms with Crippen LogP contribution >= 0.6 is 61.1 Å². The van der Waals surface area contributed by atoms with Crippen LogP contribution in [0.25, 0.3) is 10.9 Å². The number of hydrogen-bond donors (Lipinski definition) is 1. The Balaban J connectivity index is 2.05. The average molecular weight is 710 g/mol. The Bertz CT molecular complexity index is 1230. The number of halogens is 3. The standard InChI is InChI=1S/C21H18BrI2N3O4/c1-10(2)19-26-17-5-4-13(22)8-14(17)20(28)27(19)25-9-12-6-15(23)18(16(24)7-12)31-11(3)21(29)30/h4-11H,1-3H3,(H,29,30)/t11-/m0/s1. The van der Waals surface area contributed by atoms with Crippen LogP contribution in [-0.4, -0.2) is 33.1 Å². The maximum absolute atomic E-state index is 13.1. The first-order valence-corrected chi connectivity index (χ1v) is 12.2. The lowest BCUT2D eigenvalue weighted by molar-refractivity contribution is -0.144. The van der Waals surface area contributed by atoms with E-state index in [2.05, 4.69) is 71.2 Å². The van der Waals surface area contributed by atoms with Gasteiger partial charge in [0.2, 0.25) is 0 Å². The quantitative estimate of drug-likeness (QED) is 0.280. The Labute approximate surface area is 214 Å². The van der Waals surface area contributed by atoms with E-state index < -0.39 is 12.1 Å². The number of rotatable bonds is 6. The lowest BCUT2D eigenvalue weighted by atomic mass is 10.2. The molecule has 0 aliphatic carbocycles. The van der Waals surface area contributed by atoms with Gasteiger partial charge >= 0.3 is 5.97 Å². The number of hydrogen-bond acceptors (Lipinski definition) is 5. The van der Waals surface area contributed by atoms with Gasteiger partial charge in [0.1, 0.15) is 11.6 Å². The maximum Gasteiger partial charge on any atom is 0.344 e. The van der Waals surface area contributed by atoms with Gasteiger partial charge in [0.25, 0.3) is 5.56 Å². The highest BCUT2D eigenvalue weighted by Crippen LogP contribution is 2.29. The van der Waals surface area contributed by atoms with Crippen LogP contribution in [0.1, 0.15) is 38.1 Å². The van der Waals surface area contributed by atoms with Crippen molar-refractivity contribution in [1.29, 1.82) is 0 Å². The SMILES string of the molecule is CC(C)c1nc2ccc(Br)cc2c(=O)n1N=Cc1cc(I)c(O[C@@H](C)C(=O)O)c(I)c1. The van der Waals surface area contributed by atoms with Gasteiger partial charge < -0.3 is 9.84 Å². The van der Waals surface area contributed by atoms with Crippen LogP contribution in [0.3, 0.4) is 0 Å². The molecule has 162 valence electrons. The molecule has 1 N–H and O–H groups in total. The molecule has 3 rings (SSSR count). The van der Waals surface area contributed by atoms with Crippen LogP contribution in [0, 0.1) is 7.14 Å². The normalized spacial score (nSPS) is 12.6. The van der Waals surface area contributed by atoms with Crippen molar-refractivity contribution in [3.05, 3.63) is 63.7 Å². The fraction of sp³-hybridized carbons (Fsp3) is 0.238. The van der Waals surface area contributed by atoms with Crippen molar-refractivity contribution in [2.75, 3.05) is 0 Å². The zero-order chi connectivity index (χ0) is 22.9. The summed E-state index contributed by atoms with van der Waals surface area (Å²) in [5, 5.41) is 14.0. The van der Waals surface area contributed by atoms with Crippen LogP contribution < -0.4 is 10.3 Å². The molecule has 1 heterocycles. The Kier molecular flexibility index (Phi) is 7.73. The van der Waals surface area contributed by atoms with Gasteiger partial charge in [-0.05, 0) is 88.0 Å². The molecule has 1 aromatic heterocycles. The monoisotopic (exact) mass is 709 g/mol. The maximum atomic E-state index is 13.1. The van der Waals surface area contributed by atoms with Gasteiger partial charge in [-0.2, -0.15) is 9.78 Å². The molecule has 7 nitrogen and oxygen atoms in total. The van der Waals surface area contributed by atoms with Crippen molar-refractivity contribution < 1.29 is 14.6 Å². The molecule has 0 saturated heterocycles. The number of carboxylic acids is 1. The van der Waals surface area contributed by atoms with E-state index in [1.807, 2.05) is 38.1 Å².